The molecule has 126 valence electrons. The van der Waals surface area contributed by atoms with E-state index in [1.807, 2.05) is 0 Å². The Morgan fingerprint density at radius 1 is 1.29 bits per heavy atom. The van der Waals surface area contributed by atoms with Crippen molar-refractivity contribution < 1.29 is 47.8 Å². The van der Waals surface area contributed by atoms with Crippen molar-refractivity contribution in [1.29, 1.82) is 0 Å². The van der Waals surface area contributed by atoms with Gasteiger partial charge in [0.05, 0.1) is 31.5 Å². The van der Waals surface area contributed by atoms with Gasteiger partial charge in [0.2, 0.25) is 0 Å². The molecule has 12 nitrogen and oxygen atoms in total. The first-order chi connectivity index (χ1) is 9.46. The maximum atomic E-state index is 10.7. The molecule has 1 rings (SSSR count). The third-order valence-corrected chi connectivity index (χ3v) is 3.81. The van der Waals surface area contributed by atoms with Crippen LogP contribution in [0.15, 0.2) is 0 Å². The van der Waals surface area contributed by atoms with E-state index in [0.717, 1.165) is 0 Å². The summed E-state index contributed by atoms with van der Waals surface area (Å²) in [5, 5.41) is 0. The van der Waals surface area contributed by atoms with Gasteiger partial charge in [0.1, 0.15) is 0 Å². The van der Waals surface area contributed by atoms with E-state index in [4.69, 9.17) is 18.4 Å². The average Bonchev–Trinajstić information content (AvgIpc) is 2.26. The van der Waals surface area contributed by atoms with Gasteiger partial charge in [0.25, 0.3) is 0 Å². The van der Waals surface area contributed by atoms with E-state index in [1.54, 1.807) is 4.72 Å². The third kappa shape index (κ3) is 8.10. The first-order valence-corrected chi connectivity index (χ1v) is 9.06. The number of hydrogen-bond acceptors (Lipinski definition) is 8. The van der Waals surface area contributed by atoms with Crippen molar-refractivity contribution in [2.75, 3.05) is 13.2 Å². The van der Waals surface area contributed by atoms with Gasteiger partial charge in [-0.05, 0) is 0 Å². The maximum absolute atomic E-state index is 10.7. The summed E-state index contributed by atoms with van der Waals surface area (Å²) in [6, 6.07) is -1.17. The van der Waals surface area contributed by atoms with E-state index in [0.29, 0.717) is 0 Å². The zero-order valence-electron chi connectivity index (χ0n) is 10.2. The van der Waals surface area contributed by atoms with Gasteiger partial charge >= 0.3 is 32.1 Å². The molecule has 0 aliphatic carbocycles. The molecule has 0 amide bonds. The van der Waals surface area contributed by atoms with Crippen molar-refractivity contribution in [1.82, 2.24) is 4.72 Å². The lowest BCUT2D eigenvalue weighted by Crippen LogP contribution is -2.53. The molecule has 0 aromatic heterocycles. The average molecular weight is 371 g/mol. The predicted octanol–water partition coefficient (Wildman–Crippen LogP) is -2.12. The van der Waals surface area contributed by atoms with Gasteiger partial charge in [-0.2, -0.15) is 25.8 Å². The highest BCUT2D eigenvalue weighted by molar-refractivity contribution is 7.83. The Labute approximate surface area is 123 Å². The normalized spacial score (nSPS) is 29.2. The van der Waals surface area contributed by atoms with Crippen LogP contribution in [0, 0.1) is 0 Å². The number of rotatable bonds is 7. The smallest absolute Gasteiger partial charge is 0.374 e. The minimum atomic E-state index is -4.69. The van der Waals surface area contributed by atoms with E-state index in [2.05, 4.69) is 8.37 Å². The summed E-state index contributed by atoms with van der Waals surface area (Å²) in [6.45, 7) is -0.990. The molecule has 0 saturated carbocycles. The number of hydrogen-bond donors (Lipinski definition) is 4. The lowest BCUT2D eigenvalue weighted by molar-refractivity contribution is -0.0670. The van der Waals surface area contributed by atoms with Crippen LogP contribution in [0.25, 0.3) is 0 Å². The molecule has 15 heteroatoms. The monoisotopic (exact) mass is 371 g/mol. The summed E-state index contributed by atoms with van der Waals surface area (Å²) in [7, 11) is -9.29. The molecule has 1 aliphatic heterocycles. The molecule has 1 fully saturated rings. The fourth-order valence-corrected chi connectivity index (χ4v) is 2.98. The first kappa shape index (κ1) is 18.8. The van der Waals surface area contributed by atoms with Crippen LogP contribution in [0.1, 0.15) is 6.42 Å². The summed E-state index contributed by atoms with van der Waals surface area (Å²) >= 11 is -2.73. The maximum Gasteiger partial charge on any atom is 0.397 e. The van der Waals surface area contributed by atoms with Crippen LogP contribution in [-0.2, 0) is 45.2 Å². The molecule has 21 heavy (non-hydrogen) atoms. The van der Waals surface area contributed by atoms with Crippen LogP contribution >= 0.6 is 0 Å². The standard InChI is InChI=1S/C6H13NO11S3/c8-19(9)18-6-1-4(2-17-21(13,14)15)16-3-5(6)7-20(10,11)12/h4-7H,1-3H2,(H,8,9)(H,10,11,12)(H,13,14,15)/t4?,5?,6-/m1/s1. The molecule has 0 radical (unpaired) electrons. The second-order valence-corrected chi connectivity index (χ2v) is 6.86. The van der Waals surface area contributed by atoms with Gasteiger partial charge in [-0.25, -0.2) is 4.18 Å². The Bertz CT molecular complexity index is 571. The summed E-state index contributed by atoms with van der Waals surface area (Å²) in [4.78, 5) is 0. The summed E-state index contributed by atoms with van der Waals surface area (Å²) in [5.74, 6) is 0. The van der Waals surface area contributed by atoms with Crippen molar-refractivity contribution >= 4 is 32.1 Å². The van der Waals surface area contributed by atoms with Gasteiger partial charge in [0.15, 0.2) is 0 Å². The Morgan fingerprint density at radius 2 is 1.90 bits per heavy atom. The van der Waals surface area contributed by atoms with Crippen LogP contribution in [0.4, 0.5) is 0 Å². The fraction of sp³-hybridized carbons (Fsp3) is 1.00. The molecular weight excluding hydrogens is 358 g/mol. The van der Waals surface area contributed by atoms with Crippen molar-refractivity contribution in [3.8, 4) is 0 Å². The number of nitrogens with one attached hydrogen (secondary N) is 1. The van der Waals surface area contributed by atoms with E-state index < -0.39 is 56.9 Å². The van der Waals surface area contributed by atoms with Gasteiger partial charge in [0, 0.05) is 6.42 Å². The van der Waals surface area contributed by atoms with Gasteiger partial charge in [-0.15, -0.1) is 0 Å². The van der Waals surface area contributed by atoms with Crippen molar-refractivity contribution in [3.63, 3.8) is 0 Å². The van der Waals surface area contributed by atoms with E-state index >= 15 is 0 Å². The van der Waals surface area contributed by atoms with E-state index in [9.17, 15) is 21.0 Å². The highest BCUT2D eigenvalue weighted by atomic mass is 32.3. The van der Waals surface area contributed by atoms with Crippen molar-refractivity contribution in [3.05, 3.63) is 0 Å². The molecule has 0 bridgehead atoms. The SMILES string of the molecule is O=S(O)O[C@@H]1CC(COS(=O)(=O)O)OCC1NS(=O)(=O)O. The molecule has 3 unspecified atom stereocenters. The van der Waals surface area contributed by atoms with Crippen LogP contribution in [0.2, 0.25) is 0 Å². The van der Waals surface area contributed by atoms with Gasteiger partial charge in [-0.1, -0.05) is 0 Å². The molecule has 4 N–H and O–H groups in total. The Hall–Kier alpha value is -0.230. The number of ether oxygens (including phenoxy) is 1. The summed E-state index contributed by atoms with van der Waals surface area (Å²) in [6.07, 6.45) is -2.36. The highest BCUT2D eigenvalue weighted by Gasteiger charge is 2.36. The predicted molar refractivity (Wildman–Crippen MR) is 66.0 cm³/mol. The second kappa shape index (κ2) is 7.36. The van der Waals surface area contributed by atoms with Gasteiger partial charge < -0.3 is 4.74 Å². The van der Waals surface area contributed by atoms with Crippen LogP contribution in [0.3, 0.4) is 0 Å². The third-order valence-electron chi connectivity index (χ3n) is 2.36. The minimum absolute atomic E-state index is 0.227. The topological polar surface area (TPSA) is 186 Å². The Balaban J connectivity index is 2.69. The highest BCUT2D eigenvalue weighted by Crippen LogP contribution is 2.19. The largest absolute Gasteiger partial charge is 0.397 e. The molecule has 1 aliphatic rings. The van der Waals surface area contributed by atoms with E-state index in [1.165, 1.54) is 0 Å². The Kier molecular flexibility index (Phi) is 6.59. The molecular formula is C6H13NO11S3. The zero-order valence-corrected chi connectivity index (χ0v) is 12.6. The lowest BCUT2D eigenvalue weighted by Gasteiger charge is -2.34. The van der Waals surface area contributed by atoms with Crippen LogP contribution in [0.5, 0.6) is 0 Å². The summed E-state index contributed by atoms with van der Waals surface area (Å²) < 4.78 is 94.1. The van der Waals surface area contributed by atoms with Crippen LogP contribution < -0.4 is 4.72 Å². The first-order valence-electron chi connectivity index (χ1n) is 5.22. The quantitative estimate of drug-likeness (QED) is 0.283. The van der Waals surface area contributed by atoms with Crippen molar-refractivity contribution in [2.45, 2.75) is 24.7 Å². The zero-order chi connectivity index (χ0) is 16.3. The molecule has 1 saturated heterocycles. The second-order valence-electron chi connectivity index (χ2n) is 3.95. The van der Waals surface area contributed by atoms with E-state index in [-0.39, 0.29) is 13.0 Å². The minimum Gasteiger partial charge on any atom is -0.374 e. The Morgan fingerprint density at radius 3 is 2.38 bits per heavy atom. The molecule has 4 atom stereocenters. The summed E-state index contributed by atoms with van der Waals surface area (Å²) in [5.41, 5.74) is 0. The molecule has 0 aromatic carbocycles. The molecule has 1 heterocycles. The molecule has 0 aromatic rings. The van der Waals surface area contributed by atoms with Gasteiger partial charge in [-0.3, -0.25) is 17.8 Å². The van der Waals surface area contributed by atoms with Crippen LogP contribution in [-0.4, -0.2) is 66.2 Å². The lowest BCUT2D eigenvalue weighted by atomic mass is 10.0. The molecule has 0 spiro atoms. The fourth-order valence-electron chi connectivity index (χ4n) is 1.63. The van der Waals surface area contributed by atoms with Crippen molar-refractivity contribution in [2.24, 2.45) is 0 Å².